The van der Waals surface area contributed by atoms with E-state index in [4.69, 9.17) is 14.7 Å². The predicted molar refractivity (Wildman–Crippen MR) is 75.8 cm³/mol. The van der Waals surface area contributed by atoms with Gasteiger partial charge < -0.3 is 9.84 Å². The van der Waals surface area contributed by atoms with Gasteiger partial charge in [0.2, 0.25) is 0 Å². The third-order valence-electron chi connectivity index (χ3n) is 4.21. The molecule has 110 valence electrons. The van der Waals surface area contributed by atoms with Crippen LogP contribution in [0.2, 0.25) is 0 Å². The molecule has 0 amide bonds. The fourth-order valence-electron chi connectivity index (χ4n) is 3.27. The number of nitrogens with zero attached hydrogens (tertiary/aromatic N) is 1. The summed E-state index contributed by atoms with van der Waals surface area (Å²) in [6, 6.07) is 10.3. The van der Waals surface area contributed by atoms with Gasteiger partial charge >= 0.3 is 0 Å². The summed E-state index contributed by atoms with van der Waals surface area (Å²) in [5.41, 5.74) is 1.13. The molecule has 2 fully saturated rings. The second kappa shape index (κ2) is 5.45. The number of aliphatic hydroxyl groups is 1. The van der Waals surface area contributed by atoms with E-state index in [0.29, 0.717) is 6.42 Å². The Balaban J connectivity index is 1.76. The van der Waals surface area contributed by atoms with Gasteiger partial charge in [-0.25, -0.2) is 0 Å². The lowest BCUT2D eigenvalue weighted by molar-refractivity contribution is -0.304. The van der Waals surface area contributed by atoms with Gasteiger partial charge in [-0.15, -0.1) is 0 Å². The first-order valence-electron chi connectivity index (χ1n) is 7.37. The molecule has 4 heteroatoms. The van der Waals surface area contributed by atoms with Gasteiger partial charge in [0.15, 0.2) is 0 Å². The van der Waals surface area contributed by atoms with Crippen molar-refractivity contribution in [1.82, 2.24) is 5.06 Å². The Bertz CT molecular complexity index is 448. The number of hydrogen-bond donors (Lipinski definition) is 1. The maximum absolute atomic E-state index is 9.13. The van der Waals surface area contributed by atoms with Gasteiger partial charge in [-0.05, 0) is 32.3 Å². The van der Waals surface area contributed by atoms with Gasteiger partial charge in [-0.1, -0.05) is 30.3 Å². The summed E-state index contributed by atoms with van der Waals surface area (Å²) in [5, 5.41) is 11.1. The van der Waals surface area contributed by atoms with Crippen LogP contribution >= 0.6 is 0 Å². The van der Waals surface area contributed by atoms with Gasteiger partial charge in [0.05, 0.1) is 6.10 Å². The van der Waals surface area contributed by atoms with Crippen molar-refractivity contribution in [2.24, 2.45) is 0 Å². The predicted octanol–water partition coefficient (Wildman–Crippen LogP) is 2.64. The van der Waals surface area contributed by atoms with Crippen molar-refractivity contribution in [3.05, 3.63) is 35.9 Å². The van der Waals surface area contributed by atoms with Gasteiger partial charge in [-0.3, -0.25) is 4.84 Å². The number of rotatable bonds is 3. The first-order valence-corrected chi connectivity index (χ1v) is 7.37. The normalized spacial score (nSPS) is 33.0. The van der Waals surface area contributed by atoms with E-state index in [2.05, 4.69) is 26.0 Å². The fraction of sp³-hybridized carbons (Fsp3) is 0.625. The van der Waals surface area contributed by atoms with E-state index >= 15 is 0 Å². The summed E-state index contributed by atoms with van der Waals surface area (Å²) in [6.45, 7) is 4.54. The topological polar surface area (TPSA) is 41.9 Å². The van der Waals surface area contributed by atoms with E-state index < -0.39 is 0 Å². The van der Waals surface area contributed by atoms with E-state index in [1.165, 1.54) is 5.56 Å². The van der Waals surface area contributed by atoms with E-state index in [9.17, 15) is 0 Å². The van der Waals surface area contributed by atoms with Crippen LogP contribution < -0.4 is 0 Å². The molecule has 3 atom stereocenters. The highest BCUT2D eigenvalue weighted by molar-refractivity contribution is 5.18. The SMILES string of the molecule is CC1(C)C[C@@H](CCO)O[C@@H]2C[C@@H](c3ccccc3)ON21. The third-order valence-corrected chi connectivity index (χ3v) is 4.21. The molecule has 1 N–H and O–H groups in total. The summed E-state index contributed by atoms with van der Waals surface area (Å²) in [5.74, 6) is 0. The zero-order valence-corrected chi connectivity index (χ0v) is 12.2. The smallest absolute Gasteiger partial charge is 0.136 e. The highest BCUT2D eigenvalue weighted by Crippen LogP contribution is 2.43. The summed E-state index contributed by atoms with van der Waals surface area (Å²) in [4.78, 5) is 6.14. The lowest BCUT2D eigenvalue weighted by atomic mass is 9.92. The van der Waals surface area contributed by atoms with Crippen LogP contribution in [-0.4, -0.2) is 34.6 Å². The number of fused-ring (bicyclic) bond motifs is 1. The monoisotopic (exact) mass is 277 g/mol. The van der Waals surface area contributed by atoms with Crippen LogP contribution in [0.5, 0.6) is 0 Å². The molecule has 1 aromatic carbocycles. The largest absolute Gasteiger partial charge is 0.396 e. The molecule has 0 aromatic heterocycles. The van der Waals surface area contributed by atoms with Crippen molar-refractivity contribution in [3.63, 3.8) is 0 Å². The fourth-order valence-corrected chi connectivity index (χ4v) is 3.27. The van der Waals surface area contributed by atoms with Crippen molar-refractivity contribution >= 4 is 0 Å². The zero-order chi connectivity index (χ0) is 14.2. The minimum absolute atomic E-state index is 0.0134. The lowest BCUT2D eigenvalue weighted by Crippen LogP contribution is -2.54. The summed E-state index contributed by atoms with van der Waals surface area (Å²) >= 11 is 0. The van der Waals surface area contributed by atoms with Crippen LogP contribution in [0, 0.1) is 0 Å². The minimum atomic E-state index is -0.0632. The first kappa shape index (κ1) is 14.0. The van der Waals surface area contributed by atoms with Crippen molar-refractivity contribution < 1.29 is 14.7 Å². The molecule has 0 spiro atoms. The van der Waals surface area contributed by atoms with Crippen LogP contribution in [0.3, 0.4) is 0 Å². The highest BCUT2D eigenvalue weighted by atomic mass is 16.7. The average Bonchev–Trinajstić information content (AvgIpc) is 2.84. The summed E-state index contributed by atoms with van der Waals surface area (Å²) in [7, 11) is 0. The molecular formula is C16H23NO3. The number of benzene rings is 1. The first-order chi connectivity index (χ1) is 9.60. The minimum Gasteiger partial charge on any atom is -0.396 e. The number of aliphatic hydroxyl groups excluding tert-OH is 1. The van der Waals surface area contributed by atoms with Crippen LogP contribution in [0.1, 0.15) is 44.8 Å². The Morgan fingerprint density at radius 2 is 2.05 bits per heavy atom. The number of hydrogen-bond acceptors (Lipinski definition) is 4. The molecule has 0 radical (unpaired) electrons. The second-order valence-corrected chi connectivity index (χ2v) is 6.31. The van der Waals surface area contributed by atoms with Gasteiger partial charge in [0.25, 0.3) is 0 Å². The molecule has 2 heterocycles. The molecule has 20 heavy (non-hydrogen) atoms. The molecule has 4 nitrogen and oxygen atoms in total. The molecule has 2 saturated heterocycles. The molecule has 2 aliphatic heterocycles. The lowest BCUT2D eigenvalue weighted by Gasteiger charge is -2.45. The standard InChI is InChI=1S/C16H23NO3/c1-16(2)11-13(8-9-18)19-15-10-14(20-17(15)16)12-6-4-3-5-7-12/h3-7,13-15,18H,8-11H2,1-2H3/t13-,14+,15-/m1/s1. The molecule has 3 rings (SSSR count). The Kier molecular flexibility index (Phi) is 3.82. The Hall–Kier alpha value is -0.940. The second-order valence-electron chi connectivity index (χ2n) is 6.31. The number of hydroxylamine groups is 2. The van der Waals surface area contributed by atoms with Gasteiger partial charge in [0, 0.05) is 18.6 Å². The summed E-state index contributed by atoms with van der Waals surface area (Å²) < 4.78 is 6.08. The summed E-state index contributed by atoms with van der Waals surface area (Å²) in [6.07, 6.45) is 2.59. The van der Waals surface area contributed by atoms with Crippen molar-refractivity contribution in [2.75, 3.05) is 6.61 Å². The van der Waals surface area contributed by atoms with Gasteiger partial charge in [0.1, 0.15) is 12.3 Å². The van der Waals surface area contributed by atoms with Gasteiger partial charge in [-0.2, -0.15) is 5.06 Å². The highest BCUT2D eigenvalue weighted by Gasteiger charge is 2.48. The van der Waals surface area contributed by atoms with Crippen LogP contribution in [0.15, 0.2) is 30.3 Å². The molecular weight excluding hydrogens is 254 g/mol. The molecule has 2 aliphatic rings. The maximum atomic E-state index is 9.13. The maximum Gasteiger partial charge on any atom is 0.136 e. The van der Waals surface area contributed by atoms with E-state index in [1.807, 2.05) is 23.3 Å². The van der Waals surface area contributed by atoms with Crippen LogP contribution in [0.4, 0.5) is 0 Å². The molecule has 1 aromatic rings. The molecule has 0 bridgehead atoms. The quantitative estimate of drug-likeness (QED) is 0.922. The molecule has 0 saturated carbocycles. The van der Waals surface area contributed by atoms with E-state index in [0.717, 1.165) is 12.8 Å². The average molecular weight is 277 g/mol. The van der Waals surface area contributed by atoms with Crippen LogP contribution in [0.25, 0.3) is 0 Å². The Labute approximate surface area is 120 Å². The molecule has 0 unspecified atom stereocenters. The van der Waals surface area contributed by atoms with Crippen molar-refractivity contribution in [2.45, 2.75) is 57.1 Å². The zero-order valence-electron chi connectivity index (χ0n) is 12.2. The van der Waals surface area contributed by atoms with Crippen molar-refractivity contribution in [3.8, 4) is 0 Å². The van der Waals surface area contributed by atoms with E-state index in [-0.39, 0.29) is 30.6 Å². The number of ether oxygens (including phenoxy) is 1. The Morgan fingerprint density at radius 1 is 1.30 bits per heavy atom. The third kappa shape index (κ3) is 2.61. The van der Waals surface area contributed by atoms with E-state index in [1.54, 1.807) is 0 Å². The Morgan fingerprint density at radius 3 is 2.75 bits per heavy atom. The molecule has 0 aliphatic carbocycles. The van der Waals surface area contributed by atoms with Crippen molar-refractivity contribution in [1.29, 1.82) is 0 Å². The van der Waals surface area contributed by atoms with Crippen LogP contribution in [-0.2, 0) is 9.57 Å².